The third-order valence-electron chi connectivity index (χ3n) is 2.08. The van der Waals surface area contributed by atoms with Crippen LogP contribution in [0.1, 0.15) is 4.88 Å². The van der Waals surface area contributed by atoms with Crippen molar-refractivity contribution in [3.63, 3.8) is 0 Å². The van der Waals surface area contributed by atoms with Gasteiger partial charge in [-0.3, -0.25) is 9.83 Å². The fourth-order valence-corrected chi connectivity index (χ4v) is 1.82. The van der Waals surface area contributed by atoms with Crippen LogP contribution in [-0.2, 0) is 4.84 Å². The zero-order valence-electron chi connectivity index (χ0n) is 9.99. The molecule has 19 heavy (non-hydrogen) atoms. The van der Waals surface area contributed by atoms with Gasteiger partial charge in [-0.05, 0) is 35.7 Å². The Morgan fingerprint density at radius 2 is 2.11 bits per heavy atom. The van der Waals surface area contributed by atoms with Crippen molar-refractivity contribution in [2.75, 3.05) is 6.61 Å². The van der Waals surface area contributed by atoms with E-state index in [1.807, 2.05) is 17.5 Å². The van der Waals surface area contributed by atoms with Crippen LogP contribution in [0.15, 0.2) is 51.9 Å². The first-order chi connectivity index (χ1) is 9.34. The van der Waals surface area contributed by atoms with Crippen LogP contribution in [-0.4, -0.2) is 19.0 Å². The molecule has 1 aromatic heterocycles. The molecule has 1 N–H and O–H groups in total. The highest BCUT2D eigenvalue weighted by Gasteiger charge is 1.89. The van der Waals surface area contributed by atoms with Crippen LogP contribution in [0.4, 0.5) is 10.1 Å². The van der Waals surface area contributed by atoms with E-state index >= 15 is 0 Å². The summed E-state index contributed by atoms with van der Waals surface area (Å²) < 4.78 is 12.6. The summed E-state index contributed by atoms with van der Waals surface area (Å²) in [4.78, 5) is 10.1. The number of nitrogens with one attached hydrogen (secondary N) is 1. The van der Waals surface area contributed by atoms with Gasteiger partial charge in [0.05, 0.1) is 11.9 Å². The zero-order chi connectivity index (χ0) is 13.3. The van der Waals surface area contributed by atoms with E-state index in [0.717, 1.165) is 4.88 Å². The number of aliphatic imine (C=N–C) groups is 1. The van der Waals surface area contributed by atoms with Gasteiger partial charge in [0.1, 0.15) is 12.4 Å². The molecule has 0 amide bonds. The number of hydrogen-bond acceptors (Lipinski definition) is 5. The number of rotatable bonds is 6. The third kappa shape index (κ3) is 4.99. The van der Waals surface area contributed by atoms with E-state index in [4.69, 9.17) is 4.84 Å². The molecule has 0 aliphatic rings. The molecule has 0 atom stereocenters. The molecule has 0 aliphatic carbocycles. The molecule has 0 saturated heterocycles. The van der Waals surface area contributed by atoms with Crippen molar-refractivity contribution < 1.29 is 9.23 Å². The molecular formula is C13H12FN3OS. The Hall–Kier alpha value is -2.05. The Balaban J connectivity index is 1.65. The van der Waals surface area contributed by atoms with Crippen molar-refractivity contribution in [1.82, 2.24) is 5.59 Å². The second-order valence-electron chi connectivity index (χ2n) is 3.46. The van der Waals surface area contributed by atoms with Gasteiger partial charge in [-0.15, -0.1) is 11.3 Å². The zero-order valence-corrected chi connectivity index (χ0v) is 10.8. The van der Waals surface area contributed by atoms with E-state index in [1.54, 1.807) is 35.9 Å². The number of hydrazone groups is 1. The number of hydrogen-bond donors (Lipinski definition) is 1. The van der Waals surface area contributed by atoms with Crippen molar-refractivity contribution in [1.29, 1.82) is 0 Å². The van der Waals surface area contributed by atoms with Gasteiger partial charge in [0.2, 0.25) is 0 Å². The Morgan fingerprint density at radius 3 is 2.84 bits per heavy atom. The van der Waals surface area contributed by atoms with E-state index in [1.165, 1.54) is 12.1 Å². The smallest absolute Gasteiger partial charge is 0.123 e. The summed E-state index contributed by atoms with van der Waals surface area (Å²) in [5.74, 6) is -0.278. The minimum Gasteiger partial charge on any atom is -0.259 e. The van der Waals surface area contributed by atoms with Crippen molar-refractivity contribution in [3.8, 4) is 0 Å². The van der Waals surface area contributed by atoms with Crippen molar-refractivity contribution >= 4 is 29.5 Å². The Kier molecular flexibility index (Phi) is 5.21. The fourth-order valence-electron chi connectivity index (χ4n) is 1.24. The van der Waals surface area contributed by atoms with Crippen LogP contribution in [0, 0.1) is 5.82 Å². The SMILES string of the molecule is Fc1ccc(N=CCONN=Cc2cccs2)cc1. The number of nitrogens with zero attached hydrogens (tertiary/aromatic N) is 2. The highest BCUT2D eigenvalue weighted by atomic mass is 32.1. The van der Waals surface area contributed by atoms with Crippen LogP contribution >= 0.6 is 11.3 Å². The molecule has 0 unspecified atom stereocenters. The lowest BCUT2D eigenvalue weighted by molar-refractivity contribution is 0.0750. The summed E-state index contributed by atoms with van der Waals surface area (Å²) in [6.45, 7) is 0.263. The van der Waals surface area contributed by atoms with E-state index in [9.17, 15) is 4.39 Å². The van der Waals surface area contributed by atoms with E-state index < -0.39 is 0 Å². The fraction of sp³-hybridized carbons (Fsp3) is 0.0769. The maximum atomic E-state index is 12.6. The average Bonchev–Trinajstić information content (AvgIpc) is 2.93. The van der Waals surface area contributed by atoms with E-state index in [0.29, 0.717) is 5.69 Å². The number of halogens is 1. The maximum Gasteiger partial charge on any atom is 0.123 e. The molecule has 98 valence electrons. The van der Waals surface area contributed by atoms with Crippen molar-refractivity contribution in [3.05, 3.63) is 52.5 Å². The lowest BCUT2D eigenvalue weighted by atomic mass is 10.3. The molecule has 0 bridgehead atoms. The highest BCUT2D eigenvalue weighted by molar-refractivity contribution is 7.11. The Morgan fingerprint density at radius 1 is 1.26 bits per heavy atom. The van der Waals surface area contributed by atoms with Gasteiger partial charge in [-0.1, -0.05) is 6.07 Å². The molecule has 1 heterocycles. The van der Waals surface area contributed by atoms with Gasteiger partial charge in [0.15, 0.2) is 0 Å². The number of thiophene rings is 1. The Bertz CT molecular complexity index is 538. The summed E-state index contributed by atoms with van der Waals surface area (Å²) >= 11 is 1.59. The summed E-state index contributed by atoms with van der Waals surface area (Å²) in [7, 11) is 0. The Labute approximate surface area is 114 Å². The highest BCUT2D eigenvalue weighted by Crippen LogP contribution is 2.10. The van der Waals surface area contributed by atoms with Gasteiger partial charge in [0.25, 0.3) is 0 Å². The molecule has 2 rings (SSSR count). The van der Waals surface area contributed by atoms with Crippen LogP contribution in [0.3, 0.4) is 0 Å². The summed E-state index contributed by atoms with van der Waals surface area (Å²) in [6.07, 6.45) is 3.24. The van der Waals surface area contributed by atoms with Gasteiger partial charge in [0, 0.05) is 11.1 Å². The predicted octanol–water partition coefficient (Wildman–Crippen LogP) is 3.14. The largest absolute Gasteiger partial charge is 0.259 e. The minimum atomic E-state index is -0.278. The quantitative estimate of drug-likeness (QED) is 0.501. The predicted molar refractivity (Wildman–Crippen MR) is 75.6 cm³/mol. The second-order valence-corrected chi connectivity index (χ2v) is 4.44. The molecule has 0 saturated carbocycles. The second kappa shape index (κ2) is 7.40. The van der Waals surface area contributed by atoms with E-state index in [2.05, 4.69) is 15.7 Å². The van der Waals surface area contributed by atoms with Crippen LogP contribution in [0.2, 0.25) is 0 Å². The maximum absolute atomic E-state index is 12.6. The first-order valence-corrected chi connectivity index (χ1v) is 6.44. The van der Waals surface area contributed by atoms with Gasteiger partial charge < -0.3 is 0 Å². The molecule has 2 aromatic rings. The molecule has 0 radical (unpaired) electrons. The molecule has 1 aromatic carbocycles. The normalized spacial score (nSPS) is 11.4. The lowest BCUT2D eigenvalue weighted by Crippen LogP contribution is -2.08. The van der Waals surface area contributed by atoms with Crippen LogP contribution < -0.4 is 5.59 Å². The topological polar surface area (TPSA) is 46.0 Å². The third-order valence-corrected chi connectivity index (χ3v) is 2.88. The van der Waals surface area contributed by atoms with Crippen LogP contribution in [0.5, 0.6) is 0 Å². The summed E-state index contributed by atoms with van der Waals surface area (Å²) in [5.41, 5.74) is 3.12. The van der Waals surface area contributed by atoms with Gasteiger partial charge in [-0.25, -0.2) is 4.39 Å². The molecule has 0 spiro atoms. The van der Waals surface area contributed by atoms with Gasteiger partial charge in [-0.2, -0.15) is 10.7 Å². The molecule has 0 aliphatic heterocycles. The summed E-state index contributed by atoms with van der Waals surface area (Å²) in [6, 6.07) is 9.80. The van der Waals surface area contributed by atoms with Crippen molar-refractivity contribution in [2.24, 2.45) is 10.1 Å². The molecule has 0 fully saturated rings. The lowest BCUT2D eigenvalue weighted by Gasteiger charge is -1.96. The average molecular weight is 277 g/mol. The monoisotopic (exact) mass is 277 g/mol. The molecule has 4 nitrogen and oxygen atoms in total. The summed E-state index contributed by atoms with van der Waals surface area (Å²) in [5, 5.41) is 5.84. The standard InChI is InChI=1S/C13H12FN3OS/c14-11-3-5-12(6-4-11)15-7-8-18-17-16-10-13-2-1-9-19-13/h1-7,9-10,17H,8H2. The molecular weight excluding hydrogens is 265 g/mol. The van der Waals surface area contributed by atoms with Crippen LogP contribution in [0.25, 0.3) is 0 Å². The van der Waals surface area contributed by atoms with E-state index in [-0.39, 0.29) is 12.4 Å². The number of benzene rings is 1. The first kappa shape index (κ1) is 13.4. The first-order valence-electron chi connectivity index (χ1n) is 5.56. The minimum absolute atomic E-state index is 0.263. The molecule has 6 heteroatoms. The van der Waals surface area contributed by atoms with Crippen molar-refractivity contribution in [2.45, 2.75) is 0 Å². The van der Waals surface area contributed by atoms with Gasteiger partial charge >= 0.3 is 0 Å².